The van der Waals surface area contributed by atoms with Crippen LogP contribution in [0.2, 0.25) is 0 Å². The number of benzene rings is 7. The predicted octanol–water partition coefficient (Wildman–Crippen LogP) is 11.9. The van der Waals surface area contributed by atoms with Gasteiger partial charge in [-0.1, -0.05) is 109 Å². The van der Waals surface area contributed by atoms with E-state index in [1.54, 1.807) is 11.3 Å². The van der Waals surface area contributed by atoms with Crippen LogP contribution < -0.4 is 0 Å². The highest BCUT2D eigenvalue weighted by molar-refractivity contribution is 7.26. The Morgan fingerprint density at radius 3 is 1.73 bits per heavy atom. The van der Waals surface area contributed by atoms with E-state index < -0.39 is 0 Å². The third-order valence-electron chi connectivity index (χ3n) is 9.89. The Balaban J connectivity index is 1.32. The molecule has 0 atom stereocenters. The summed E-state index contributed by atoms with van der Waals surface area (Å²) in [6, 6.07) is 56.3. The van der Waals surface area contributed by atoms with Gasteiger partial charge < -0.3 is 4.57 Å². The Bertz CT molecular complexity index is 3100. The molecule has 228 valence electrons. The van der Waals surface area contributed by atoms with Gasteiger partial charge in [0.05, 0.1) is 32.3 Å². The maximum atomic E-state index is 5.43. The Morgan fingerprint density at radius 2 is 1.02 bits per heavy atom. The Morgan fingerprint density at radius 1 is 0.449 bits per heavy atom. The Kier molecular flexibility index (Phi) is 5.51. The van der Waals surface area contributed by atoms with Crippen LogP contribution in [-0.4, -0.2) is 19.1 Å². The molecule has 4 heterocycles. The van der Waals surface area contributed by atoms with Crippen LogP contribution in [0.3, 0.4) is 0 Å². The molecule has 7 aromatic carbocycles. The molecule has 0 bridgehead atoms. The average Bonchev–Trinajstić information content (AvgIpc) is 3.81. The van der Waals surface area contributed by atoms with Gasteiger partial charge >= 0.3 is 0 Å². The van der Waals surface area contributed by atoms with Crippen LogP contribution in [0.25, 0.3) is 97.6 Å². The standard InChI is InChI=1S/C44H26N4S/c1-3-13-27(14-4-1)43-45-41-33-25-28-15-7-8-16-29(28)26-38(33)49-42(41)44(46-43)48-35-22-12-10-20-32(35)40-37(48)24-23-36-39(40)31-19-9-11-21-34(31)47(36)30-17-5-2-6-18-30/h1-26H. The quantitative estimate of drug-likeness (QED) is 0.192. The van der Waals surface area contributed by atoms with Crippen LogP contribution in [0.15, 0.2) is 158 Å². The maximum absolute atomic E-state index is 5.43. The topological polar surface area (TPSA) is 35.6 Å². The summed E-state index contributed by atoms with van der Waals surface area (Å²) in [5.74, 6) is 1.63. The number of nitrogens with zero attached hydrogens (tertiary/aromatic N) is 4. The number of rotatable bonds is 3. The lowest BCUT2D eigenvalue weighted by Gasteiger charge is -2.11. The lowest BCUT2D eigenvalue weighted by Crippen LogP contribution is -2.01. The van der Waals surface area contributed by atoms with Crippen LogP contribution in [0.1, 0.15) is 0 Å². The van der Waals surface area contributed by atoms with Gasteiger partial charge in [-0.15, -0.1) is 11.3 Å². The molecule has 0 N–H and O–H groups in total. The SMILES string of the molecule is c1ccc(-c2nc(-n3c4ccccc4c4c5c6ccccc6n(-c6ccccc6)c5ccc43)c3sc4cc5ccccc5cc4c3n2)cc1. The second kappa shape index (κ2) is 10.1. The van der Waals surface area contributed by atoms with Gasteiger partial charge in [-0.2, -0.15) is 0 Å². The minimum absolute atomic E-state index is 0.726. The van der Waals surface area contributed by atoms with Gasteiger partial charge in [0.15, 0.2) is 11.6 Å². The zero-order valence-electron chi connectivity index (χ0n) is 26.2. The van der Waals surface area contributed by atoms with Crippen LogP contribution >= 0.6 is 11.3 Å². The molecule has 0 saturated heterocycles. The van der Waals surface area contributed by atoms with Crippen molar-refractivity contribution in [1.82, 2.24) is 19.1 Å². The molecule has 49 heavy (non-hydrogen) atoms. The largest absolute Gasteiger partial charge is 0.309 e. The minimum atomic E-state index is 0.726. The smallest absolute Gasteiger partial charge is 0.162 e. The van der Waals surface area contributed by atoms with Crippen LogP contribution in [0.4, 0.5) is 0 Å². The van der Waals surface area contributed by atoms with E-state index in [-0.39, 0.29) is 0 Å². The summed E-state index contributed by atoms with van der Waals surface area (Å²) in [5, 5.41) is 8.54. The van der Waals surface area contributed by atoms with E-state index in [0.717, 1.165) is 49.5 Å². The fraction of sp³-hybridized carbons (Fsp3) is 0. The zero-order valence-corrected chi connectivity index (χ0v) is 27.0. The summed E-state index contributed by atoms with van der Waals surface area (Å²) in [5.41, 5.74) is 7.78. The molecule has 0 radical (unpaired) electrons. The second-order valence-corrected chi connectivity index (χ2v) is 13.7. The zero-order chi connectivity index (χ0) is 32.1. The first-order valence-corrected chi connectivity index (χ1v) is 17.3. The lowest BCUT2D eigenvalue weighted by atomic mass is 10.1. The van der Waals surface area contributed by atoms with E-state index in [1.807, 2.05) is 6.07 Å². The van der Waals surface area contributed by atoms with Crippen LogP contribution in [-0.2, 0) is 0 Å². The number of thiophene rings is 1. The van der Waals surface area contributed by atoms with E-state index in [2.05, 4.69) is 161 Å². The summed E-state index contributed by atoms with van der Waals surface area (Å²) in [6.45, 7) is 0. The highest BCUT2D eigenvalue weighted by Gasteiger charge is 2.24. The minimum Gasteiger partial charge on any atom is -0.309 e. The average molecular weight is 643 g/mol. The molecule has 4 aromatic heterocycles. The molecule has 5 heteroatoms. The van der Waals surface area contributed by atoms with Crippen molar-refractivity contribution in [3.63, 3.8) is 0 Å². The molecule has 4 nitrogen and oxygen atoms in total. The summed E-state index contributed by atoms with van der Waals surface area (Å²) in [4.78, 5) is 10.7. The highest BCUT2D eigenvalue weighted by Crippen LogP contribution is 2.45. The third kappa shape index (κ3) is 3.79. The molecule has 0 aliphatic rings. The molecule has 0 spiro atoms. The van der Waals surface area contributed by atoms with Crippen molar-refractivity contribution in [2.45, 2.75) is 0 Å². The first kappa shape index (κ1) is 26.7. The Labute approximate surface area is 284 Å². The number of fused-ring (bicyclic) bond motifs is 11. The highest BCUT2D eigenvalue weighted by atomic mass is 32.1. The molecule has 0 saturated carbocycles. The summed E-state index contributed by atoms with van der Waals surface area (Å²) in [6.07, 6.45) is 0. The molecule has 0 aliphatic carbocycles. The molecular weight excluding hydrogens is 617 g/mol. The van der Waals surface area contributed by atoms with Crippen molar-refractivity contribution in [1.29, 1.82) is 0 Å². The van der Waals surface area contributed by atoms with Gasteiger partial charge in [-0.05, 0) is 59.3 Å². The number of para-hydroxylation sites is 3. The Hall–Kier alpha value is -6.30. The number of hydrogen-bond acceptors (Lipinski definition) is 3. The molecule has 0 amide bonds. The molecular formula is C44H26N4S. The van der Waals surface area contributed by atoms with Crippen molar-refractivity contribution < 1.29 is 0 Å². The van der Waals surface area contributed by atoms with Crippen LogP contribution in [0.5, 0.6) is 0 Å². The molecule has 0 unspecified atom stereocenters. The normalized spacial score (nSPS) is 12.1. The summed E-state index contributed by atoms with van der Waals surface area (Å²) >= 11 is 1.78. The van der Waals surface area contributed by atoms with Gasteiger partial charge in [-0.3, -0.25) is 4.57 Å². The monoisotopic (exact) mass is 642 g/mol. The lowest BCUT2D eigenvalue weighted by molar-refractivity contribution is 1.08. The van der Waals surface area contributed by atoms with Gasteiger partial charge in [0.1, 0.15) is 0 Å². The second-order valence-electron chi connectivity index (χ2n) is 12.6. The maximum Gasteiger partial charge on any atom is 0.162 e. The van der Waals surface area contributed by atoms with Crippen LogP contribution in [0, 0.1) is 0 Å². The molecule has 0 aliphatic heterocycles. The fourth-order valence-electron chi connectivity index (χ4n) is 7.78. The predicted molar refractivity (Wildman–Crippen MR) is 207 cm³/mol. The van der Waals surface area contributed by atoms with Gasteiger partial charge in [-0.25, -0.2) is 9.97 Å². The van der Waals surface area contributed by atoms with E-state index in [1.165, 1.54) is 48.1 Å². The number of hydrogen-bond donors (Lipinski definition) is 0. The first-order valence-electron chi connectivity index (χ1n) is 16.5. The van der Waals surface area contributed by atoms with E-state index >= 15 is 0 Å². The van der Waals surface area contributed by atoms with Crippen molar-refractivity contribution in [3.05, 3.63) is 158 Å². The van der Waals surface area contributed by atoms with Crippen molar-refractivity contribution in [2.75, 3.05) is 0 Å². The van der Waals surface area contributed by atoms with Crippen molar-refractivity contribution in [3.8, 4) is 22.9 Å². The number of aromatic nitrogens is 4. The molecule has 11 rings (SSSR count). The van der Waals surface area contributed by atoms with E-state index in [0.29, 0.717) is 0 Å². The van der Waals surface area contributed by atoms with Crippen molar-refractivity contribution >= 4 is 86.0 Å². The fourth-order valence-corrected chi connectivity index (χ4v) is 8.94. The van der Waals surface area contributed by atoms with Gasteiger partial charge in [0, 0.05) is 42.9 Å². The summed E-state index contributed by atoms with van der Waals surface area (Å²) in [7, 11) is 0. The molecule has 11 aromatic rings. The van der Waals surface area contributed by atoms with Gasteiger partial charge in [0.25, 0.3) is 0 Å². The molecule has 0 fully saturated rings. The van der Waals surface area contributed by atoms with Gasteiger partial charge in [0.2, 0.25) is 0 Å². The van der Waals surface area contributed by atoms with E-state index in [4.69, 9.17) is 9.97 Å². The summed E-state index contributed by atoms with van der Waals surface area (Å²) < 4.78 is 7.07. The van der Waals surface area contributed by atoms with Crippen molar-refractivity contribution in [2.24, 2.45) is 0 Å². The third-order valence-corrected chi connectivity index (χ3v) is 11.0. The van der Waals surface area contributed by atoms with E-state index in [9.17, 15) is 0 Å². The first-order chi connectivity index (χ1) is 24.3.